The molecule has 0 aromatic heterocycles. The highest BCUT2D eigenvalue weighted by molar-refractivity contribution is 4.93. The van der Waals surface area contributed by atoms with Gasteiger partial charge in [-0.1, -0.05) is 6.92 Å². The second-order valence-corrected chi connectivity index (χ2v) is 4.19. The van der Waals surface area contributed by atoms with E-state index in [0.717, 1.165) is 26.2 Å². The van der Waals surface area contributed by atoms with E-state index in [-0.39, 0.29) is 12.1 Å². The van der Waals surface area contributed by atoms with E-state index in [2.05, 4.69) is 30.1 Å². The minimum absolute atomic E-state index is 0.0669. The van der Waals surface area contributed by atoms with Crippen LogP contribution in [0.3, 0.4) is 0 Å². The molecule has 86 valence electrons. The molecular weight excluding hydrogens is 190 g/mol. The van der Waals surface area contributed by atoms with Crippen LogP contribution >= 0.6 is 0 Å². The van der Waals surface area contributed by atoms with E-state index < -0.39 is 0 Å². The Morgan fingerprint density at radius 2 is 2.33 bits per heavy atom. The molecule has 4 heteroatoms. The zero-order valence-electron chi connectivity index (χ0n) is 9.86. The van der Waals surface area contributed by atoms with Crippen LogP contribution in [0, 0.1) is 11.3 Å². The maximum atomic E-state index is 8.97. The summed E-state index contributed by atoms with van der Waals surface area (Å²) in [6, 6.07) is 2.64. The van der Waals surface area contributed by atoms with E-state index in [1.807, 2.05) is 6.92 Å². The van der Waals surface area contributed by atoms with Gasteiger partial charge in [-0.15, -0.1) is 0 Å². The summed E-state index contributed by atoms with van der Waals surface area (Å²) in [6.45, 7) is 9.57. The molecule has 0 aromatic rings. The van der Waals surface area contributed by atoms with Crippen LogP contribution in [-0.4, -0.2) is 49.3 Å². The summed E-state index contributed by atoms with van der Waals surface area (Å²) >= 11 is 0. The van der Waals surface area contributed by atoms with Gasteiger partial charge in [0.1, 0.15) is 6.04 Å². The largest absolute Gasteiger partial charge is 0.376 e. The van der Waals surface area contributed by atoms with Crippen LogP contribution in [0.2, 0.25) is 0 Å². The van der Waals surface area contributed by atoms with Crippen molar-refractivity contribution in [1.82, 2.24) is 10.2 Å². The lowest BCUT2D eigenvalue weighted by molar-refractivity contribution is -0.0504. The first-order valence-corrected chi connectivity index (χ1v) is 5.66. The molecular formula is C11H21N3O. The molecule has 0 spiro atoms. The summed E-state index contributed by atoms with van der Waals surface area (Å²) in [4.78, 5) is 2.32. The highest BCUT2D eigenvalue weighted by atomic mass is 16.5. The molecule has 0 bridgehead atoms. The lowest BCUT2D eigenvalue weighted by Gasteiger charge is -2.37. The third kappa shape index (κ3) is 3.78. The van der Waals surface area contributed by atoms with Crippen molar-refractivity contribution in [1.29, 1.82) is 5.26 Å². The first-order chi connectivity index (χ1) is 7.17. The molecule has 0 aliphatic carbocycles. The molecule has 1 saturated heterocycles. The summed E-state index contributed by atoms with van der Waals surface area (Å²) in [5.74, 6) is 0. The Bertz CT molecular complexity index is 226. The van der Waals surface area contributed by atoms with Gasteiger partial charge < -0.3 is 10.1 Å². The average molecular weight is 211 g/mol. The van der Waals surface area contributed by atoms with Gasteiger partial charge in [-0.2, -0.15) is 5.26 Å². The van der Waals surface area contributed by atoms with Crippen molar-refractivity contribution in [3.63, 3.8) is 0 Å². The monoisotopic (exact) mass is 211 g/mol. The molecule has 0 aromatic carbocycles. The summed E-state index contributed by atoms with van der Waals surface area (Å²) in [6.07, 6.45) is 0.280. The quantitative estimate of drug-likeness (QED) is 0.739. The van der Waals surface area contributed by atoms with Crippen LogP contribution in [-0.2, 0) is 4.74 Å². The normalized spacial score (nSPS) is 29.7. The van der Waals surface area contributed by atoms with Crippen molar-refractivity contribution in [2.75, 3.05) is 26.2 Å². The number of hydrogen-bond donors (Lipinski definition) is 1. The smallest absolute Gasteiger partial charge is 0.108 e. The first kappa shape index (κ1) is 12.4. The van der Waals surface area contributed by atoms with Crippen LogP contribution in [0.1, 0.15) is 20.8 Å². The molecule has 3 atom stereocenters. The SMILES string of the molecule is CCNC(C#N)CN1CC(C)OCC1C. The number of morpholine rings is 1. The van der Waals surface area contributed by atoms with Crippen LogP contribution < -0.4 is 5.32 Å². The molecule has 0 radical (unpaired) electrons. The highest BCUT2D eigenvalue weighted by Crippen LogP contribution is 2.11. The fourth-order valence-electron chi connectivity index (χ4n) is 1.86. The molecule has 15 heavy (non-hydrogen) atoms. The first-order valence-electron chi connectivity index (χ1n) is 5.66. The van der Waals surface area contributed by atoms with E-state index >= 15 is 0 Å². The maximum Gasteiger partial charge on any atom is 0.108 e. The Morgan fingerprint density at radius 3 is 2.93 bits per heavy atom. The van der Waals surface area contributed by atoms with Crippen molar-refractivity contribution in [2.24, 2.45) is 0 Å². The lowest BCUT2D eigenvalue weighted by atomic mass is 10.1. The van der Waals surface area contributed by atoms with Crippen molar-refractivity contribution in [2.45, 2.75) is 39.0 Å². The molecule has 1 aliphatic heterocycles. The predicted octanol–water partition coefficient (Wildman–Crippen LogP) is 0.597. The standard InChI is InChI=1S/C11H21N3O/c1-4-13-11(5-12)7-14-6-10(3)15-8-9(14)2/h9-11,13H,4,6-8H2,1-3H3. The van der Waals surface area contributed by atoms with Gasteiger partial charge in [0.25, 0.3) is 0 Å². The van der Waals surface area contributed by atoms with Crippen molar-refractivity contribution in [3.05, 3.63) is 0 Å². The fraction of sp³-hybridized carbons (Fsp3) is 0.909. The molecule has 0 saturated carbocycles. The molecule has 3 unspecified atom stereocenters. The van der Waals surface area contributed by atoms with Gasteiger partial charge >= 0.3 is 0 Å². The number of likely N-dealkylation sites (N-methyl/N-ethyl adjacent to an activating group) is 1. The predicted molar refractivity (Wildman–Crippen MR) is 59.5 cm³/mol. The van der Waals surface area contributed by atoms with Gasteiger partial charge in [-0.05, 0) is 20.4 Å². The van der Waals surface area contributed by atoms with Crippen molar-refractivity contribution >= 4 is 0 Å². The molecule has 1 aliphatic rings. The molecule has 1 N–H and O–H groups in total. The van der Waals surface area contributed by atoms with E-state index in [9.17, 15) is 0 Å². The second-order valence-electron chi connectivity index (χ2n) is 4.19. The third-order valence-corrected chi connectivity index (χ3v) is 2.76. The van der Waals surface area contributed by atoms with Gasteiger partial charge in [-0.25, -0.2) is 0 Å². The van der Waals surface area contributed by atoms with Gasteiger partial charge in [0.05, 0.1) is 18.8 Å². The Hall–Kier alpha value is -0.630. The highest BCUT2D eigenvalue weighted by Gasteiger charge is 2.25. The topological polar surface area (TPSA) is 48.3 Å². The third-order valence-electron chi connectivity index (χ3n) is 2.76. The van der Waals surface area contributed by atoms with Crippen molar-refractivity contribution < 1.29 is 4.74 Å². The Balaban J connectivity index is 2.44. The van der Waals surface area contributed by atoms with Gasteiger partial charge in [0.15, 0.2) is 0 Å². The number of nitrogens with zero attached hydrogens (tertiary/aromatic N) is 2. The Kier molecular flexibility index (Phi) is 5.03. The Labute approximate surface area is 92.2 Å². The molecule has 1 fully saturated rings. The van der Waals surface area contributed by atoms with Gasteiger partial charge in [-0.3, -0.25) is 4.90 Å². The Morgan fingerprint density at radius 1 is 1.60 bits per heavy atom. The molecule has 0 amide bonds. The maximum absolute atomic E-state index is 8.97. The minimum atomic E-state index is -0.0669. The van der Waals surface area contributed by atoms with Crippen LogP contribution in [0.15, 0.2) is 0 Å². The second kappa shape index (κ2) is 6.06. The van der Waals surface area contributed by atoms with E-state index in [1.165, 1.54) is 0 Å². The summed E-state index contributed by atoms with van der Waals surface area (Å²) in [5, 5.41) is 12.1. The number of hydrogen-bond acceptors (Lipinski definition) is 4. The number of ether oxygens (including phenoxy) is 1. The van der Waals surface area contributed by atoms with Crippen LogP contribution in [0.5, 0.6) is 0 Å². The molecule has 1 heterocycles. The van der Waals surface area contributed by atoms with Gasteiger partial charge in [0.2, 0.25) is 0 Å². The number of nitriles is 1. The summed E-state index contributed by atoms with van der Waals surface area (Å²) in [5.41, 5.74) is 0. The fourth-order valence-corrected chi connectivity index (χ4v) is 1.86. The van der Waals surface area contributed by atoms with E-state index in [0.29, 0.717) is 6.04 Å². The summed E-state index contributed by atoms with van der Waals surface area (Å²) < 4.78 is 5.55. The number of rotatable bonds is 4. The zero-order valence-corrected chi connectivity index (χ0v) is 9.86. The van der Waals surface area contributed by atoms with Crippen LogP contribution in [0.25, 0.3) is 0 Å². The van der Waals surface area contributed by atoms with Crippen molar-refractivity contribution in [3.8, 4) is 6.07 Å². The molecule has 1 rings (SSSR count). The van der Waals surface area contributed by atoms with E-state index in [1.54, 1.807) is 0 Å². The van der Waals surface area contributed by atoms with E-state index in [4.69, 9.17) is 10.00 Å². The van der Waals surface area contributed by atoms with Crippen LogP contribution in [0.4, 0.5) is 0 Å². The van der Waals surface area contributed by atoms with Gasteiger partial charge in [0, 0.05) is 19.1 Å². The summed E-state index contributed by atoms with van der Waals surface area (Å²) in [7, 11) is 0. The number of nitrogens with one attached hydrogen (secondary N) is 1. The minimum Gasteiger partial charge on any atom is -0.376 e. The molecule has 4 nitrogen and oxygen atoms in total. The average Bonchev–Trinajstić information content (AvgIpc) is 2.22. The lowest BCUT2D eigenvalue weighted by Crippen LogP contribution is -2.51. The zero-order chi connectivity index (χ0) is 11.3.